The third-order valence-electron chi connectivity index (χ3n) is 4.34. The molecule has 0 unspecified atom stereocenters. The van der Waals surface area contributed by atoms with Crippen molar-refractivity contribution in [1.82, 2.24) is 9.97 Å². The molecular formula is C13H16ClN3. The standard InChI is InChI=1S/C13H16ClN3/c14-11-6-12(16-13(15-11)9-2-3-9)17-7-8-1-4-10(17)5-8/h6,8-10H,1-5,7H2/t8-,10-/m0/s1. The zero-order chi connectivity index (χ0) is 11.4. The van der Waals surface area contributed by atoms with E-state index in [9.17, 15) is 0 Å². The van der Waals surface area contributed by atoms with Crippen molar-refractivity contribution in [3.05, 3.63) is 17.0 Å². The average molecular weight is 250 g/mol. The van der Waals surface area contributed by atoms with Gasteiger partial charge in [0.2, 0.25) is 0 Å². The van der Waals surface area contributed by atoms with Gasteiger partial charge in [0.15, 0.2) is 0 Å². The molecule has 4 rings (SSSR count). The number of piperidine rings is 1. The minimum atomic E-state index is 0.576. The van der Waals surface area contributed by atoms with E-state index in [0.29, 0.717) is 17.1 Å². The first-order chi connectivity index (χ1) is 8.29. The first-order valence-electron chi connectivity index (χ1n) is 6.61. The molecule has 1 aromatic rings. The Morgan fingerprint density at radius 3 is 2.71 bits per heavy atom. The third-order valence-corrected chi connectivity index (χ3v) is 4.54. The van der Waals surface area contributed by atoms with Crippen LogP contribution in [0.3, 0.4) is 0 Å². The second kappa shape index (κ2) is 3.58. The molecule has 4 heteroatoms. The quantitative estimate of drug-likeness (QED) is 0.755. The fraction of sp³-hybridized carbons (Fsp3) is 0.692. The van der Waals surface area contributed by atoms with Gasteiger partial charge in [-0.2, -0.15) is 0 Å². The Balaban J connectivity index is 1.68. The summed E-state index contributed by atoms with van der Waals surface area (Å²) in [5, 5.41) is 0.611. The molecule has 0 spiro atoms. The third kappa shape index (κ3) is 1.71. The zero-order valence-corrected chi connectivity index (χ0v) is 10.5. The lowest BCUT2D eigenvalue weighted by molar-refractivity contribution is 0.549. The fourth-order valence-corrected chi connectivity index (χ4v) is 3.48. The van der Waals surface area contributed by atoms with Gasteiger partial charge in [-0.05, 0) is 38.0 Å². The number of aromatic nitrogens is 2. The maximum atomic E-state index is 6.12. The van der Waals surface area contributed by atoms with Crippen molar-refractivity contribution in [3.63, 3.8) is 0 Å². The van der Waals surface area contributed by atoms with Gasteiger partial charge in [0.25, 0.3) is 0 Å². The molecule has 2 atom stereocenters. The zero-order valence-electron chi connectivity index (χ0n) is 9.77. The van der Waals surface area contributed by atoms with Crippen LogP contribution >= 0.6 is 11.6 Å². The van der Waals surface area contributed by atoms with Gasteiger partial charge in [0.05, 0.1) is 0 Å². The lowest BCUT2D eigenvalue weighted by Gasteiger charge is -2.28. The Morgan fingerprint density at radius 2 is 2.06 bits per heavy atom. The molecule has 90 valence electrons. The molecule has 0 aromatic carbocycles. The highest BCUT2D eigenvalue weighted by atomic mass is 35.5. The Hall–Kier alpha value is -0.830. The van der Waals surface area contributed by atoms with E-state index < -0.39 is 0 Å². The van der Waals surface area contributed by atoms with Gasteiger partial charge >= 0.3 is 0 Å². The SMILES string of the molecule is Clc1cc(N2C[C@H]3CC[C@H]2C3)nc(C2CC2)n1. The summed E-state index contributed by atoms with van der Waals surface area (Å²) in [7, 11) is 0. The van der Waals surface area contributed by atoms with Crippen LogP contribution in [-0.2, 0) is 0 Å². The molecule has 2 heterocycles. The van der Waals surface area contributed by atoms with Gasteiger partial charge in [0, 0.05) is 24.6 Å². The molecule has 17 heavy (non-hydrogen) atoms. The van der Waals surface area contributed by atoms with E-state index in [0.717, 1.165) is 17.6 Å². The largest absolute Gasteiger partial charge is 0.353 e. The van der Waals surface area contributed by atoms with Crippen molar-refractivity contribution >= 4 is 17.4 Å². The summed E-state index contributed by atoms with van der Waals surface area (Å²) < 4.78 is 0. The van der Waals surface area contributed by atoms with Crippen LogP contribution in [0.25, 0.3) is 0 Å². The summed E-state index contributed by atoms with van der Waals surface area (Å²) >= 11 is 6.12. The second-order valence-corrected chi connectivity index (χ2v) is 6.05. The Labute approximate surface area is 106 Å². The summed E-state index contributed by atoms with van der Waals surface area (Å²) in [6.07, 6.45) is 6.53. The molecular weight excluding hydrogens is 234 g/mol. The fourth-order valence-electron chi connectivity index (χ4n) is 3.30. The molecule has 2 bridgehead atoms. The molecule has 2 saturated carbocycles. The smallest absolute Gasteiger partial charge is 0.135 e. The predicted octanol–water partition coefficient (Wildman–Crippen LogP) is 3.00. The lowest BCUT2D eigenvalue weighted by atomic mass is 10.1. The first-order valence-corrected chi connectivity index (χ1v) is 6.98. The molecule has 0 radical (unpaired) electrons. The molecule has 1 saturated heterocycles. The summed E-state index contributed by atoms with van der Waals surface area (Å²) in [5.41, 5.74) is 0. The Bertz CT molecular complexity index is 458. The molecule has 2 aliphatic carbocycles. The molecule has 0 N–H and O–H groups in total. The average Bonchev–Trinajstić information content (AvgIpc) is 2.97. The lowest BCUT2D eigenvalue weighted by Crippen LogP contribution is -2.32. The monoisotopic (exact) mass is 249 g/mol. The normalized spacial score (nSPS) is 31.2. The maximum absolute atomic E-state index is 6.12. The molecule has 1 aliphatic heterocycles. The van der Waals surface area contributed by atoms with Gasteiger partial charge in [-0.3, -0.25) is 0 Å². The predicted molar refractivity (Wildman–Crippen MR) is 67.5 cm³/mol. The summed E-state index contributed by atoms with van der Waals surface area (Å²) in [6, 6.07) is 2.65. The van der Waals surface area contributed by atoms with E-state index in [2.05, 4.69) is 9.88 Å². The molecule has 3 fully saturated rings. The van der Waals surface area contributed by atoms with Crippen LogP contribution in [0.2, 0.25) is 5.15 Å². The molecule has 0 amide bonds. The number of anilines is 1. The number of fused-ring (bicyclic) bond motifs is 2. The summed E-state index contributed by atoms with van der Waals surface area (Å²) in [5.74, 6) is 3.50. The Kier molecular flexibility index (Phi) is 2.13. The van der Waals surface area contributed by atoms with Crippen molar-refractivity contribution in [2.45, 2.75) is 44.1 Å². The minimum absolute atomic E-state index is 0.576. The van der Waals surface area contributed by atoms with Crippen LogP contribution in [0.1, 0.15) is 43.8 Å². The van der Waals surface area contributed by atoms with Crippen LogP contribution in [0.15, 0.2) is 6.07 Å². The van der Waals surface area contributed by atoms with Crippen LogP contribution in [0, 0.1) is 5.92 Å². The summed E-state index contributed by atoms with van der Waals surface area (Å²) in [6.45, 7) is 1.17. The highest BCUT2D eigenvalue weighted by molar-refractivity contribution is 6.29. The van der Waals surface area contributed by atoms with Crippen molar-refractivity contribution in [2.75, 3.05) is 11.4 Å². The van der Waals surface area contributed by atoms with Crippen molar-refractivity contribution in [2.24, 2.45) is 5.92 Å². The Morgan fingerprint density at radius 1 is 1.18 bits per heavy atom. The number of hydrogen-bond donors (Lipinski definition) is 0. The van der Waals surface area contributed by atoms with E-state index in [4.69, 9.17) is 16.6 Å². The van der Waals surface area contributed by atoms with E-state index >= 15 is 0 Å². The molecule has 3 aliphatic rings. The van der Waals surface area contributed by atoms with Crippen LogP contribution in [0.5, 0.6) is 0 Å². The van der Waals surface area contributed by atoms with Gasteiger partial charge in [-0.25, -0.2) is 9.97 Å². The van der Waals surface area contributed by atoms with Crippen molar-refractivity contribution in [3.8, 4) is 0 Å². The number of hydrogen-bond acceptors (Lipinski definition) is 3. The van der Waals surface area contributed by atoms with E-state index in [1.54, 1.807) is 0 Å². The molecule has 1 aromatic heterocycles. The first kappa shape index (κ1) is 10.1. The topological polar surface area (TPSA) is 29.0 Å². The minimum Gasteiger partial charge on any atom is -0.353 e. The van der Waals surface area contributed by atoms with E-state index in [-0.39, 0.29) is 0 Å². The van der Waals surface area contributed by atoms with Crippen LogP contribution in [0.4, 0.5) is 5.82 Å². The highest BCUT2D eigenvalue weighted by Gasteiger charge is 2.39. The van der Waals surface area contributed by atoms with Crippen LogP contribution < -0.4 is 4.90 Å². The number of nitrogens with zero attached hydrogens (tertiary/aromatic N) is 3. The van der Waals surface area contributed by atoms with E-state index in [1.807, 2.05) is 6.07 Å². The van der Waals surface area contributed by atoms with Crippen LogP contribution in [-0.4, -0.2) is 22.6 Å². The molecule has 3 nitrogen and oxygen atoms in total. The van der Waals surface area contributed by atoms with Gasteiger partial charge in [0.1, 0.15) is 16.8 Å². The number of rotatable bonds is 2. The van der Waals surface area contributed by atoms with E-state index in [1.165, 1.54) is 38.6 Å². The highest BCUT2D eigenvalue weighted by Crippen LogP contribution is 2.42. The van der Waals surface area contributed by atoms with Gasteiger partial charge in [-0.1, -0.05) is 11.6 Å². The van der Waals surface area contributed by atoms with Gasteiger partial charge < -0.3 is 4.90 Å². The maximum Gasteiger partial charge on any atom is 0.135 e. The van der Waals surface area contributed by atoms with Gasteiger partial charge in [-0.15, -0.1) is 0 Å². The number of halogens is 1. The summed E-state index contributed by atoms with van der Waals surface area (Å²) in [4.78, 5) is 11.5. The van der Waals surface area contributed by atoms with Crippen molar-refractivity contribution < 1.29 is 0 Å². The second-order valence-electron chi connectivity index (χ2n) is 5.67. The van der Waals surface area contributed by atoms with Crippen molar-refractivity contribution in [1.29, 1.82) is 0 Å².